The molecule has 0 bridgehead atoms. The topological polar surface area (TPSA) is 34.1 Å². The average Bonchev–Trinajstić information content (AvgIpc) is 2.14. The summed E-state index contributed by atoms with van der Waals surface area (Å²) in [4.78, 5) is 4.28. The highest BCUT2D eigenvalue weighted by molar-refractivity contribution is 5.22. The Hall–Kier alpha value is -0.930. The lowest BCUT2D eigenvalue weighted by atomic mass is 9.88. The average molecular weight is 192 g/mol. The molecule has 0 atom stereocenters. The number of aromatic nitrogens is 1. The molecule has 0 amide bonds. The third kappa shape index (κ3) is 1.65. The van der Waals surface area contributed by atoms with Crippen molar-refractivity contribution in [2.75, 3.05) is 20.2 Å². The smallest absolute Gasteiger partial charge is 0.0966 e. The van der Waals surface area contributed by atoms with Gasteiger partial charge in [-0.1, -0.05) is 6.07 Å². The van der Waals surface area contributed by atoms with Crippen LogP contribution in [-0.2, 0) is 11.2 Å². The normalized spacial score (nSPS) is 19.0. The van der Waals surface area contributed by atoms with Crippen LogP contribution in [0, 0.1) is 6.92 Å². The van der Waals surface area contributed by atoms with Crippen LogP contribution >= 0.6 is 0 Å². The molecule has 2 heterocycles. The van der Waals surface area contributed by atoms with Crippen LogP contribution < -0.4 is 5.32 Å². The molecule has 1 aliphatic rings. The minimum atomic E-state index is 0.00773. The summed E-state index contributed by atoms with van der Waals surface area (Å²) in [6.45, 7) is 3.93. The summed E-state index contributed by atoms with van der Waals surface area (Å²) in [7, 11) is 1.78. The van der Waals surface area contributed by atoms with E-state index in [-0.39, 0.29) is 5.60 Å². The number of pyridine rings is 1. The molecule has 0 aliphatic carbocycles. The predicted octanol–water partition coefficient (Wildman–Crippen LogP) is 0.921. The van der Waals surface area contributed by atoms with E-state index in [1.165, 1.54) is 5.56 Å². The first-order valence-electron chi connectivity index (χ1n) is 4.92. The lowest BCUT2D eigenvalue weighted by Crippen LogP contribution is -2.61. The molecule has 0 radical (unpaired) electrons. The molecule has 1 aromatic heterocycles. The predicted molar refractivity (Wildman–Crippen MR) is 55.3 cm³/mol. The number of hydrogen-bond donors (Lipinski definition) is 1. The summed E-state index contributed by atoms with van der Waals surface area (Å²) >= 11 is 0. The van der Waals surface area contributed by atoms with Crippen molar-refractivity contribution in [2.45, 2.75) is 18.9 Å². The SMILES string of the molecule is COC1(Cc2cccnc2C)CNC1. The Kier molecular flexibility index (Phi) is 2.52. The number of nitrogens with zero attached hydrogens (tertiary/aromatic N) is 1. The second-order valence-corrected chi connectivity index (χ2v) is 3.92. The van der Waals surface area contributed by atoms with E-state index in [4.69, 9.17) is 4.74 Å². The summed E-state index contributed by atoms with van der Waals surface area (Å²) in [5, 5.41) is 3.25. The summed E-state index contributed by atoms with van der Waals surface area (Å²) in [5.41, 5.74) is 2.40. The van der Waals surface area contributed by atoms with Crippen molar-refractivity contribution in [3.63, 3.8) is 0 Å². The van der Waals surface area contributed by atoms with Crippen LogP contribution in [0.1, 0.15) is 11.3 Å². The van der Waals surface area contributed by atoms with Crippen molar-refractivity contribution in [3.05, 3.63) is 29.6 Å². The number of rotatable bonds is 3. The molecule has 1 N–H and O–H groups in total. The van der Waals surface area contributed by atoms with Crippen LogP contribution in [0.2, 0.25) is 0 Å². The van der Waals surface area contributed by atoms with Gasteiger partial charge in [0.25, 0.3) is 0 Å². The van der Waals surface area contributed by atoms with Crippen LogP contribution in [0.5, 0.6) is 0 Å². The van der Waals surface area contributed by atoms with Crippen LogP contribution in [0.4, 0.5) is 0 Å². The van der Waals surface area contributed by atoms with Gasteiger partial charge in [-0.2, -0.15) is 0 Å². The van der Waals surface area contributed by atoms with E-state index in [0.29, 0.717) is 0 Å². The van der Waals surface area contributed by atoms with Crippen molar-refractivity contribution in [2.24, 2.45) is 0 Å². The third-order valence-electron chi connectivity index (χ3n) is 2.96. The monoisotopic (exact) mass is 192 g/mol. The summed E-state index contributed by atoms with van der Waals surface area (Å²) in [6.07, 6.45) is 2.79. The van der Waals surface area contributed by atoms with Crippen molar-refractivity contribution in [3.8, 4) is 0 Å². The largest absolute Gasteiger partial charge is 0.375 e. The minimum Gasteiger partial charge on any atom is -0.375 e. The molecule has 0 unspecified atom stereocenters. The van der Waals surface area contributed by atoms with E-state index < -0.39 is 0 Å². The van der Waals surface area contributed by atoms with Gasteiger partial charge in [0, 0.05) is 38.5 Å². The fraction of sp³-hybridized carbons (Fsp3) is 0.545. The van der Waals surface area contributed by atoms with Crippen LogP contribution in [0.25, 0.3) is 0 Å². The maximum atomic E-state index is 5.54. The Labute approximate surface area is 84.5 Å². The molecular weight excluding hydrogens is 176 g/mol. The number of aryl methyl sites for hydroxylation is 1. The Morgan fingerprint density at radius 1 is 1.57 bits per heavy atom. The molecule has 0 aromatic carbocycles. The first-order valence-corrected chi connectivity index (χ1v) is 4.92. The molecule has 14 heavy (non-hydrogen) atoms. The van der Waals surface area contributed by atoms with E-state index in [1.807, 2.05) is 19.2 Å². The highest BCUT2D eigenvalue weighted by Crippen LogP contribution is 2.22. The van der Waals surface area contributed by atoms with Gasteiger partial charge in [-0.05, 0) is 18.6 Å². The molecule has 1 aromatic rings. The second-order valence-electron chi connectivity index (χ2n) is 3.92. The van der Waals surface area contributed by atoms with Gasteiger partial charge in [-0.25, -0.2) is 0 Å². The van der Waals surface area contributed by atoms with Crippen molar-refractivity contribution < 1.29 is 4.74 Å². The zero-order chi connectivity index (χ0) is 10.0. The van der Waals surface area contributed by atoms with E-state index in [1.54, 1.807) is 7.11 Å². The molecule has 0 saturated carbocycles. The molecule has 0 spiro atoms. The summed E-state index contributed by atoms with van der Waals surface area (Å²) in [5.74, 6) is 0. The first kappa shape index (κ1) is 9.62. The molecule has 3 nitrogen and oxygen atoms in total. The summed E-state index contributed by atoms with van der Waals surface area (Å²) < 4.78 is 5.54. The van der Waals surface area contributed by atoms with Crippen LogP contribution in [-0.4, -0.2) is 30.8 Å². The number of hydrogen-bond acceptors (Lipinski definition) is 3. The third-order valence-corrected chi connectivity index (χ3v) is 2.96. The van der Waals surface area contributed by atoms with Gasteiger partial charge in [0.15, 0.2) is 0 Å². The molecule has 2 rings (SSSR count). The van der Waals surface area contributed by atoms with Gasteiger partial charge in [0.05, 0.1) is 5.60 Å². The van der Waals surface area contributed by atoms with E-state index >= 15 is 0 Å². The van der Waals surface area contributed by atoms with Crippen molar-refractivity contribution in [1.29, 1.82) is 0 Å². The maximum Gasteiger partial charge on any atom is 0.0966 e. The number of ether oxygens (including phenoxy) is 1. The molecule has 3 heteroatoms. The maximum absolute atomic E-state index is 5.54. The Morgan fingerprint density at radius 3 is 2.86 bits per heavy atom. The molecular formula is C11H16N2O. The fourth-order valence-electron chi connectivity index (χ4n) is 1.80. The molecule has 76 valence electrons. The Morgan fingerprint density at radius 2 is 2.36 bits per heavy atom. The van der Waals surface area contributed by atoms with Gasteiger partial charge in [-0.15, -0.1) is 0 Å². The van der Waals surface area contributed by atoms with Gasteiger partial charge in [0.1, 0.15) is 0 Å². The highest BCUT2D eigenvalue weighted by Gasteiger charge is 2.37. The van der Waals surface area contributed by atoms with Gasteiger partial charge < -0.3 is 10.1 Å². The fourth-order valence-corrected chi connectivity index (χ4v) is 1.80. The van der Waals surface area contributed by atoms with E-state index in [9.17, 15) is 0 Å². The first-order chi connectivity index (χ1) is 6.76. The van der Waals surface area contributed by atoms with E-state index in [0.717, 1.165) is 25.2 Å². The highest BCUT2D eigenvalue weighted by atomic mass is 16.5. The lowest BCUT2D eigenvalue weighted by molar-refractivity contribution is -0.0503. The quantitative estimate of drug-likeness (QED) is 0.773. The molecule has 1 saturated heterocycles. The molecule has 1 aliphatic heterocycles. The lowest BCUT2D eigenvalue weighted by Gasteiger charge is -2.41. The van der Waals surface area contributed by atoms with Crippen LogP contribution in [0.3, 0.4) is 0 Å². The van der Waals surface area contributed by atoms with E-state index in [2.05, 4.69) is 16.4 Å². The Bertz CT molecular complexity index is 315. The van der Waals surface area contributed by atoms with Crippen molar-refractivity contribution >= 4 is 0 Å². The zero-order valence-electron chi connectivity index (χ0n) is 8.71. The standard InChI is InChI=1S/C11H16N2O/c1-9-10(4-3-5-13-9)6-11(14-2)7-12-8-11/h3-5,12H,6-8H2,1-2H3. The summed E-state index contributed by atoms with van der Waals surface area (Å²) in [6, 6.07) is 4.11. The number of nitrogens with one attached hydrogen (secondary N) is 1. The Balaban J connectivity index is 2.13. The van der Waals surface area contributed by atoms with Crippen LogP contribution in [0.15, 0.2) is 18.3 Å². The zero-order valence-corrected chi connectivity index (χ0v) is 8.71. The second kappa shape index (κ2) is 3.67. The van der Waals surface area contributed by atoms with Crippen molar-refractivity contribution in [1.82, 2.24) is 10.3 Å². The van der Waals surface area contributed by atoms with Gasteiger partial charge >= 0.3 is 0 Å². The van der Waals surface area contributed by atoms with Gasteiger partial charge in [-0.3, -0.25) is 4.98 Å². The number of methoxy groups -OCH3 is 1. The molecule has 1 fully saturated rings. The van der Waals surface area contributed by atoms with Gasteiger partial charge in [0.2, 0.25) is 0 Å². The minimum absolute atomic E-state index is 0.00773.